The van der Waals surface area contributed by atoms with Gasteiger partial charge in [-0.05, 0) is 39.8 Å². The van der Waals surface area contributed by atoms with E-state index in [0.29, 0.717) is 13.2 Å². The van der Waals surface area contributed by atoms with E-state index in [2.05, 4.69) is 10.00 Å². The molecule has 0 saturated carbocycles. The van der Waals surface area contributed by atoms with Crippen molar-refractivity contribution < 1.29 is 13.2 Å². The first-order valence-corrected chi connectivity index (χ1v) is 11.3. The van der Waals surface area contributed by atoms with Gasteiger partial charge < -0.3 is 9.64 Å². The van der Waals surface area contributed by atoms with Gasteiger partial charge in [-0.25, -0.2) is 0 Å². The molecule has 2 aliphatic heterocycles. The average molecular weight is 400 g/mol. The number of aromatic nitrogens is 2. The molecule has 0 amide bonds. The van der Waals surface area contributed by atoms with Crippen LogP contribution in [-0.2, 0) is 22.0 Å². The highest BCUT2D eigenvalue weighted by Crippen LogP contribution is 2.33. The van der Waals surface area contributed by atoms with E-state index < -0.39 is 10.2 Å². The average Bonchev–Trinajstić information content (AvgIpc) is 3.07. The van der Waals surface area contributed by atoms with E-state index >= 15 is 0 Å². The maximum Gasteiger partial charge on any atom is 0.282 e. The minimum Gasteiger partial charge on any atom is -0.373 e. The number of piperidine rings is 1. The molecule has 0 bridgehead atoms. The molecule has 2 atom stereocenters. The number of likely N-dealkylation sites (tertiary alicyclic amines) is 1. The number of hydrogen-bond donors (Lipinski definition) is 0. The number of nitrogens with zero attached hydrogens (tertiary/aromatic N) is 5. The first-order valence-electron chi connectivity index (χ1n) is 9.88. The predicted molar refractivity (Wildman–Crippen MR) is 105 cm³/mol. The number of ether oxygens (including phenoxy) is 1. The van der Waals surface area contributed by atoms with Crippen LogP contribution in [0.1, 0.15) is 44.7 Å². The van der Waals surface area contributed by atoms with Crippen molar-refractivity contribution >= 4 is 10.2 Å². The second-order valence-corrected chi connectivity index (χ2v) is 9.83. The summed E-state index contributed by atoms with van der Waals surface area (Å²) in [4.78, 5) is 2.40. The molecule has 2 fully saturated rings. The third-order valence-electron chi connectivity index (χ3n) is 5.65. The molecule has 9 heteroatoms. The normalized spacial score (nSPS) is 26.1. The van der Waals surface area contributed by atoms with E-state index in [0.717, 1.165) is 25.2 Å². The van der Waals surface area contributed by atoms with Crippen molar-refractivity contribution in [3.05, 3.63) is 18.0 Å². The van der Waals surface area contributed by atoms with Gasteiger partial charge in [-0.3, -0.25) is 4.68 Å². The lowest BCUT2D eigenvalue weighted by Crippen LogP contribution is -2.55. The lowest BCUT2D eigenvalue weighted by atomic mass is 10.0. The first kappa shape index (κ1) is 20.7. The summed E-state index contributed by atoms with van der Waals surface area (Å²) < 4.78 is 37.5. The van der Waals surface area contributed by atoms with Crippen molar-refractivity contribution in [1.82, 2.24) is 23.3 Å². The van der Waals surface area contributed by atoms with Crippen LogP contribution in [0, 0.1) is 0 Å². The third-order valence-corrected chi connectivity index (χ3v) is 7.80. The molecule has 0 N–H and O–H groups in total. The van der Waals surface area contributed by atoms with Gasteiger partial charge in [-0.15, -0.1) is 0 Å². The van der Waals surface area contributed by atoms with E-state index in [9.17, 15) is 8.42 Å². The van der Waals surface area contributed by atoms with Crippen LogP contribution < -0.4 is 0 Å². The molecule has 1 aromatic rings. The molecule has 0 spiro atoms. The van der Waals surface area contributed by atoms with Gasteiger partial charge in [0.1, 0.15) is 0 Å². The molecule has 8 nitrogen and oxygen atoms in total. The Bertz CT molecular complexity index is 714. The highest BCUT2D eigenvalue weighted by atomic mass is 32.2. The Kier molecular flexibility index (Phi) is 6.58. The lowest BCUT2D eigenvalue weighted by Gasteiger charge is -2.43. The zero-order valence-corrected chi connectivity index (χ0v) is 17.7. The molecule has 154 valence electrons. The molecule has 2 saturated heterocycles. The Morgan fingerprint density at radius 2 is 1.96 bits per heavy atom. The fourth-order valence-electron chi connectivity index (χ4n) is 3.92. The van der Waals surface area contributed by atoms with E-state index in [-0.39, 0.29) is 18.2 Å². The van der Waals surface area contributed by atoms with Gasteiger partial charge in [-0.1, -0.05) is 6.42 Å². The lowest BCUT2D eigenvalue weighted by molar-refractivity contribution is -0.0601. The molecule has 2 aliphatic rings. The largest absolute Gasteiger partial charge is 0.373 e. The monoisotopic (exact) mass is 399 g/mol. The number of rotatable bonds is 6. The zero-order valence-electron chi connectivity index (χ0n) is 16.9. The van der Waals surface area contributed by atoms with Crippen molar-refractivity contribution in [2.75, 3.05) is 39.8 Å². The van der Waals surface area contributed by atoms with Crippen LogP contribution in [-0.4, -0.2) is 83.7 Å². The van der Waals surface area contributed by atoms with Crippen LogP contribution in [0.5, 0.6) is 0 Å². The second-order valence-electron chi connectivity index (χ2n) is 7.89. The van der Waals surface area contributed by atoms with Gasteiger partial charge in [0, 0.05) is 45.0 Å². The quantitative estimate of drug-likeness (QED) is 0.720. The fourth-order valence-corrected chi connectivity index (χ4v) is 5.64. The maximum atomic E-state index is 13.3. The fraction of sp³-hybridized carbons (Fsp3) is 0.833. The minimum absolute atomic E-state index is 0.104. The number of morpholine rings is 1. The van der Waals surface area contributed by atoms with Crippen LogP contribution in [0.15, 0.2) is 12.4 Å². The highest BCUT2D eigenvalue weighted by molar-refractivity contribution is 7.86. The minimum atomic E-state index is -3.59. The van der Waals surface area contributed by atoms with Gasteiger partial charge >= 0.3 is 0 Å². The zero-order chi connectivity index (χ0) is 19.6. The van der Waals surface area contributed by atoms with Crippen LogP contribution in [0.3, 0.4) is 0 Å². The summed E-state index contributed by atoms with van der Waals surface area (Å²) in [5.74, 6) is 0. The number of hydrogen-bond acceptors (Lipinski definition) is 5. The summed E-state index contributed by atoms with van der Waals surface area (Å²) in [5.41, 5.74) is 0.889. The Morgan fingerprint density at radius 3 is 2.56 bits per heavy atom. The van der Waals surface area contributed by atoms with Gasteiger partial charge in [0.15, 0.2) is 0 Å². The SMILES string of the molecule is CC(C)N(C)S(=O)(=O)N1CCO[C@@H](CN2CCCCC2)[C@@H]1c1cnn(C)c1. The first-order chi connectivity index (χ1) is 12.8. The van der Waals surface area contributed by atoms with Crippen molar-refractivity contribution in [2.24, 2.45) is 7.05 Å². The van der Waals surface area contributed by atoms with Crippen LogP contribution in [0.4, 0.5) is 0 Å². The van der Waals surface area contributed by atoms with Gasteiger partial charge in [-0.2, -0.15) is 22.1 Å². The molecule has 0 radical (unpaired) electrons. The molecule has 0 aliphatic carbocycles. The van der Waals surface area contributed by atoms with Gasteiger partial charge in [0.25, 0.3) is 10.2 Å². The Balaban J connectivity index is 1.91. The molecule has 1 aromatic heterocycles. The van der Waals surface area contributed by atoms with Crippen LogP contribution >= 0.6 is 0 Å². The molecular formula is C18H33N5O3S. The van der Waals surface area contributed by atoms with E-state index in [4.69, 9.17) is 4.74 Å². The molecule has 0 unspecified atom stereocenters. The van der Waals surface area contributed by atoms with Crippen LogP contribution in [0.25, 0.3) is 0 Å². The number of aryl methyl sites for hydroxylation is 1. The Morgan fingerprint density at radius 1 is 1.26 bits per heavy atom. The molecule has 27 heavy (non-hydrogen) atoms. The summed E-state index contributed by atoms with van der Waals surface area (Å²) in [6.07, 6.45) is 7.13. The van der Waals surface area contributed by atoms with Crippen molar-refractivity contribution in [3.8, 4) is 0 Å². The van der Waals surface area contributed by atoms with Crippen molar-refractivity contribution in [3.63, 3.8) is 0 Å². The molecular weight excluding hydrogens is 366 g/mol. The Hall–Kier alpha value is -1.00. The summed E-state index contributed by atoms with van der Waals surface area (Å²) in [6, 6.07) is -0.464. The smallest absolute Gasteiger partial charge is 0.282 e. The third kappa shape index (κ3) is 4.54. The molecule has 0 aromatic carbocycles. The summed E-state index contributed by atoms with van der Waals surface area (Å²) >= 11 is 0. The summed E-state index contributed by atoms with van der Waals surface area (Å²) in [6.45, 7) is 7.41. The summed E-state index contributed by atoms with van der Waals surface area (Å²) in [7, 11) is -0.0907. The van der Waals surface area contributed by atoms with Crippen molar-refractivity contribution in [1.29, 1.82) is 0 Å². The summed E-state index contributed by atoms with van der Waals surface area (Å²) in [5, 5.41) is 4.28. The van der Waals surface area contributed by atoms with Gasteiger partial charge in [0.05, 0.1) is 24.9 Å². The van der Waals surface area contributed by atoms with E-state index in [1.807, 2.05) is 27.1 Å². The van der Waals surface area contributed by atoms with Crippen molar-refractivity contribution in [2.45, 2.75) is 51.3 Å². The Labute approximate surface area is 163 Å². The molecule has 3 rings (SSSR count). The van der Waals surface area contributed by atoms with E-state index in [1.165, 1.54) is 23.6 Å². The molecule has 3 heterocycles. The maximum absolute atomic E-state index is 13.3. The van der Waals surface area contributed by atoms with Crippen LogP contribution in [0.2, 0.25) is 0 Å². The topological polar surface area (TPSA) is 70.9 Å². The predicted octanol–water partition coefficient (Wildman–Crippen LogP) is 1.23. The highest BCUT2D eigenvalue weighted by Gasteiger charge is 2.43. The second kappa shape index (κ2) is 8.57. The van der Waals surface area contributed by atoms with E-state index in [1.54, 1.807) is 22.2 Å². The van der Waals surface area contributed by atoms with Gasteiger partial charge in [0.2, 0.25) is 0 Å². The standard InChI is InChI=1S/C18H33N5O3S/c1-15(2)21(4)27(24,25)23-10-11-26-17(14-22-8-6-5-7-9-22)18(23)16-12-19-20(3)13-16/h12-13,15,17-18H,5-11,14H2,1-4H3/t17-,18-/m0/s1.